The van der Waals surface area contributed by atoms with Gasteiger partial charge in [0.15, 0.2) is 0 Å². The molecule has 1 saturated carbocycles. The third-order valence-electron chi connectivity index (χ3n) is 6.72. The molecule has 7 nitrogen and oxygen atoms in total. The molecule has 0 aromatic heterocycles. The summed E-state index contributed by atoms with van der Waals surface area (Å²) in [6.45, 7) is 0.167. The molecular formula is C26H30N2O5S. The zero-order valence-electron chi connectivity index (χ0n) is 19.2. The second-order valence-corrected chi connectivity index (χ2v) is 9.78. The summed E-state index contributed by atoms with van der Waals surface area (Å²) < 4.78 is 5.60. The molecule has 1 fully saturated rings. The van der Waals surface area contributed by atoms with E-state index < -0.39 is 30.1 Å². The predicted molar refractivity (Wildman–Crippen MR) is 132 cm³/mol. The van der Waals surface area contributed by atoms with Crippen LogP contribution >= 0.6 is 11.8 Å². The number of benzene rings is 2. The van der Waals surface area contributed by atoms with Crippen LogP contribution in [0, 0.1) is 5.92 Å². The molecule has 0 bridgehead atoms. The summed E-state index contributed by atoms with van der Waals surface area (Å²) >= 11 is 1.57. The van der Waals surface area contributed by atoms with Crippen molar-refractivity contribution in [3.05, 3.63) is 59.7 Å². The van der Waals surface area contributed by atoms with E-state index in [1.165, 1.54) is 0 Å². The molecule has 0 heterocycles. The van der Waals surface area contributed by atoms with E-state index in [4.69, 9.17) is 4.74 Å². The monoisotopic (exact) mass is 482 g/mol. The Labute approximate surface area is 203 Å². The van der Waals surface area contributed by atoms with Gasteiger partial charge in [-0.3, -0.25) is 9.59 Å². The van der Waals surface area contributed by atoms with Gasteiger partial charge in [0.05, 0.1) is 5.92 Å². The van der Waals surface area contributed by atoms with Crippen molar-refractivity contribution in [3.8, 4) is 11.1 Å². The maximum absolute atomic E-state index is 12.9. The van der Waals surface area contributed by atoms with Crippen molar-refractivity contribution in [1.82, 2.24) is 10.6 Å². The van der Waals surface area contributed by atoms with Crippen LogP contribution in [-0.2, 0) is 14.3 Å². The SMILES string of the molecule is CSCC[C@H](NC(=O)OCC1c2ccccc2-c2ccccc21)C(=O)NC1CCCC1C(=O)O. The summed E-state index contributed by atoms with van der Waals surface area (Å²) in [5, 5.41) is 14.9. The third-order valence-corrected chi connectivity index (χ3v) is 7.37. The van der Waals surface area contributed by atoms with E-state index in [0.717, 1.165) is 28.7 Å². The van der Waals surface area contributed by atoms with Crippen molar-refractivity contribution in [2.24, 2.45) is 5.92 Å². The molecule has 0 aliphatic heterocycles. The average Bonchev–Trinajstić information content (AvgIpc) is 3.43. The van der Waals surface area contributed by atoms with Gasteiger partial charge in [-0.25, -0.2) is 4.79 Å². The van der Waals surface area contributed by atoms with Gasteiger partial charge in [-0.1, -0.05) is 55.0 Å². The molecule has 2 unspecified atom stereocenters. The topological polar surface area (TPSA) is 105 Å². The first-order valence-electron chi connectivity index (χ1n) is 11.6. The number of amides is 2. The van der Waals surface area contributed by atoms with Gasteiger partial charge in [0, 0.05) is 12.0 Å². The normalized spacial score (nSPS) is 19.7. The second-order valence-electron chi connectivity index (χ2n) is 8.79. The molecule has 3 N–H and O–H groups in total. The summed E-state index contributed by atoms with van der Waals surface area (Å²) in [6, 6.07) is 15.0. The Bertz CT molecular complexity index is 1010. The fourth-order valence-corrected chi connectivity index (χ4v) is 5.47. The molecule has 2 aromatic carbocycles. The molecule has 3 atom stereocenters. The van der Waals surface area contributed by atoms with Crippen LogP contribution in [0.3, 0.4) is 0 Å². The van der Waals surface area contributed by atoms with E-state index in [-0.39, 0.29) is 18.4 Å². The molecule has 0 saturated heterocycles. The Balaban J connectivity index is 1.39. The van der Waals surface area contributed by atoms with Gasteiger partial charge in [-0.2, -0.15) is 11.8 Å². The standard InChI is InChI=1S/C26H30N2O5S/c1-34-14-13-23(24(29)27-22-12-6-11-20(22)25(30)31)28-26(32)33-15-21-18-9-4-2-7-16(18)17-8-3-5-10-19(17)21/h2-5,7-10,20-23H,6,11-15H2,1H3,(H,27,29)(H,28,32)(H,30,31)/t20?,22?,23-/m0/s1. The van der Waals surface area contributed by atoms with E-state index in [0.29, 0.717) is 25.0 Å². The number of nitrogens with one attached hydrogen (secondary N) is 2. The lowest BCUT2D eigenvalue weighted by Crippen LogP contribution is -2.51. The summed E-state index contributed by atoms with van der Waals surface area (Å²) in [4.78, 5) is 37.1. The molecule has 8 heteroatoms. The zero-order chi connectivity index (χ0) is 24.1. The molecule has 0 spiro atoms. The summed E-state index contributed by atoms with van der Waals surface area (Å²) in [5.74, 6) is -1.23. The van der Waals surface area contributed by atoms with E-state index in [1.54, 1.807) is 11.8 Å². The van der Waals surface area contributed by atoms with Crippen LogP contribution in [0.25, 0.3) is 11.1 Å². The van der Waals surface area contributed by atoms with Crippen molar-refractivity contribution >= 4 is 29.7 Å². The van der Waals surface area contributed by atoms with Crippen molar-refractivity contribution in [2.45, 2.75) is 43.7 Å². The number of thioether (sulfide) groups is 1. The smallest absolute Gasteiger partial charge is 0.407 e. The van der Waals surface area contributed by atoms with Crippen molar-refractivity contribution in [3.63, 3.8) is 0 Å². The Morgan fingerprint density at radius 1 is 1.06 bits per heavy atom. The van der Waals surface area contributed by atoms with Crippen molar-refractivity contribution in [2.75, 3.05) is 18.6 Å². The Morgan fingerprint density at radius 2 is 1.71 bits per heavy atom. The van der Waals surface area contributed by atoms with Gasteiger partial charge in [0.2, 0.25) is 5.91 Å². The van der Waals surface area contributed by atoms with Gasteiger partial charge in [0.1, 0.15) is 12.6 Å². The minimum Gasteiger partial charge on any atom is -0.481 e. The molecule has 2 aromatic rings. The lowest BCUT2D eigenvalue weighted by Gasteiger charge is -2.23. The van der Waals surface area contributed by atoms with Crippen LogP contribution in [0.2, 0.25) is 0 Å². The minimum absolute atomic E-state index is 0.0635. The van der Waals surface area contributed by atoms with Gasteiger partial charge >= 0.3 is 12.1 Å². The van der Waals surface area contributed by atoms with E-state index in [1.807, 2.05) is 30.5 Å². The largest absolute Gasteiger partial charge is 0.481 e. The number of carbonyl (C=O) groups is 3. The van der Waals surface area contributed by atoms with Crippen LogP contribution in [0.15, 0.2) is 48.5 Å². The molecular weight excluding hydrogens is 452 g/mol. The number of carboxylic acid groups (broad SMARTS) is 1. The Morgan fingerprint density at radius 3 is 2.32 bits per heavy atom. The van der Waals surface area contributed by atoms with Gasteiger partial charge in [-0.15, -0.1) is 0 Å². The number of rotatable bonds is 9. The Hall–Kier alpha value is -3.00. The van der Waals surface area contributed by atoms with Crippen molar-refractivity contribution < 1.29 is 24.2 Å². The fraction of sp³-hybridized carbons (Fsp3) is 0.423. The van der Waals surface area contributed by atoms with Gasteiger partial charge < -0.3 is 20.5 Å². The molecule has 34 heavy (non-hydrogen) atoms. The Kier molecular flexibility index (Phi) is 7.77. The molecule has 0 radical (unpaired) electrons. The third kappa shape index (κ3) is 5.22. The molecule has 2 aliphatic carbocycles. The first-order valence-corrected chi connectivity index (χ1v) is 13.0. The average molecular weight is 483 g/mol. The second kappa shape index (κ2) is 11.0. The first-order chi connectivity index (χ1) is 16.5. The lowest BCUT2D eigenvalue weighted by molar-refractivity contribution is -0.142. The summed E-state index contributed by atoms with van der Waals surface area (Å²) in [6.07, 6.45) is 3.65. The van der Waals surface area contributed by atoms with Crippen LogP contribution in [-0.4, -0.2) is 53.8 Å². The highest BCUT2D eigenvalue weighted by Gasteiger charge is 2.35. The number of ether oxygens (including phenoxy) is 1. The number of hydrogen-bond acceptors (Lipinski definition) is 5. The number of alkyl carbamates (subject to hydrolysis) is 1. The van der Waals surface area contributed by atoms with E-state index in [2.05, 4.69) is 34.9 Å². The predicted octanol–water partition coefficient (Wildman–Crippen LogP) is 4.02. The maximum atomic E-state index is 12.9. The molecule has 180 valence electrons. The van der Waals surface area contributed by atoms with Crippen LogP contribution in [0.1, 0.15) is 42.7 Å². The van der Waals surface area contributed by atoms with Gasteiger partial charge in [0.25, 0.3) is 0 Å². The quantitative estimate of drug-likeness (QED) is 0.499. The number of fused-ring (bicyclic) bond motifs is 3. The van der Waals surface area contributed by atoms with Crippen LogP contribution < -0.4 is 10.6 Å². The van der Waals surface area contributed by atoms with Crippen LogP contribution in [0.4, 0.5) is 4.79 Å². The number of carbonyl (C=O) groups excluding carboxylic acids is 2. The molecule has 2 amide bonds. The van der Waals surface area contributed by atoms with Crippen molar-refractivity contribution in [1.29, 1.82) is 0 Å². The highest BCUT2D eigenvalue weighted by molar-refractivity contribution is 7.98. The highest BCUT2D eigenvalue weighted by Crippen LogP contribution is 2.44. The number of hydrogen-bond donors (Lipinski definition) is 3. The summed E-state index contributed by atoms with van der Waals surface area (Å²) in [5.41, 5.74) is 4.53. The van der Waals surface area contributed by atoms with Crippen LogP contribution in [0.5, 0.6) is 0 Å². The number of carboxylic acids is 1. The van der Waals surface area contributed by atoms with E-state index in [9.17, 15) is 19.5 Å². The fourth-order valence-electron chi connectivity index (χ4n) is 5.00. The van der Waals surface area contributed by atoms with E-state index >= 15 is 0 Å². The first kappa shape index (κ1) is 24.1. The maximum Gasteiger partial charge on any atom is 0.407 e. The summed E-state index contributed by atoms with van der Waals surface area (Å²) in [7, 11) is 0. The molecule has 4 rings (SSSR count). The molecule has 2 aliphatic rings. The van der Waals surface area contributed by atoms with Gasteiger partial charge in [-0.05, 0) is 53.5 Å². The minimum atomic E-state index is -0.895. The lowest BCUT2D eigenvalue weighted by atomic mass is 9.98. The number of aliphatic carboxylic acids is 1. The highest BCUT2D eigenvalue weighted by atomic mass is 32.2. The zero-order valence-corrected chi connectivity index (χ0v) is 20.0.